The molecular formula is C11H20BrN3. The predicted octanol–water partition coefficient (Wildman–Crippen LogP) is 2.84. The lowest BCUT2D eigenvalue weighted by atomic mass is 10.0. The van der Waals surface area contributed by atoms with Crippen LogP contribution in [0.3, 0.4) is 0 Å². The molecule has 1 rings (SSSR count). The van der Waals surface area contributed by atoms with Crippen molar-refractivity contribution in [2.24, 2.45) is 5.92 Å². The van der Waals surface area contributed by atoms with Gasteiger partial charge in [-0.2, -0.15) is 5.10 Å². The van der Waals surface area contributed by atoms with Gasteiger partial charge >= 0.3 is 0 Å². The molecule has 1 aromatic heterocycles. The third-order valence-corrected chi connectivity index (χ3v) is 3.07. The Hall–Kier alpha value is -0.350. The minimum absolute atomic E-state index is 0.419. The molecule has 0 aliphatic rings. The van der Waals surface area contributed by atoms with E-state index in [1.54, 1.807) is 0 Å². The zero-order valence-electron chi connectivity index (χ0n) is 9.87. The maximum atomic E-state index is 4.31. The summed E-state index contributed by atoms with van der Waals surface area (Å²) >= 11 is 3.41. The topological polar surface area (TPSA) is 29.9 Å². The average molecular weight is 274 g/mol. The highest BCUT2D eigenvalue weighted by atomic mass is 79.9. The van der Waals surface area contributed by atoms with E-state index in [1.807, 2.05) is 17.1 Å². The summed E-state index contributed by atoms with van der Waals surface area (Å²) in [4.78, 5) is 0. The summed E-state index contributed by atoms with van der Waals surface area (Å²) in [7, 11) is 0. The minimum Gasteiger partial charge on any atom is -0.314 e. The van der Waals surface area contributed by atoms with E-state index in [2.05, 4.69) is 54.0 Å². The number of hydrogen-bond acceptors (Lipinski definition) is 2. The monoisotopic (exact) mass is 273 g/mol. The van der Waals surface area contributed by atoms with Crippen molar-refractivity contribution in [3.63, 3.8) is 0 Å². The van der Waals surface area contributed by atoms with Gasteiger partial charge in [0.15, 0.2) is 0 Å². The summed E-state index contributed by atoms with van der Waals surface area (Å²) in [5.74, 6) is 0.569. The van der Waals surface area contributed by atoms with Gasteiger partial charge in [0.25, 0.3) is 0 Å². The summed E-state index contributed by atoms with van der Waals surface area (Å²) in [6.07, 6.45) is 3.86. The molecule has 0 aromatic carbocycles. The maximum Gasteiger partial charge on any atom is 0.0632 e. The number of rotatable bonds is 5. The van der Waals surface area contributed by atoms with E-state index in [9.17, 15) is 0 Å². The number of halogens is 1. The SMILES string of the molecule is CC(C)NCC(C)C(C)n1cc(Br)cn1. The first-order chi connectivity index (χ1) is 7.00. The molecule has 0 radical (unpaired) electrons. The van der Waals surface area contributed by atoms with Crippen molar-refractivity contribution in [1.82, 2.24) is 15.1 Å². The lowest BCUT2D eigenvalue weighted by Gasteiger charge is -2.22. The van der Waals surface area contributed by atoms with E-state index in [0.29, 0.717) is 18.0 Å². The lowest BCUT2D eigenvalue weighted by Crippen LogP contribution is -2.31. The Kier molecular flexibility index (Phi) is 4.80. The van der Waals surface area contributed by atoms with Crippen molar-refractivity contribution in [2.75, 3.05) is 6.54 Å². The van der Waals surface area contributed by atoms with Crippen molar-refractivity contribution in [1.29, 1.82) is 0 Å². The molecule has 0 fully saturated rings. The van der Waals surface area contributed by atoms with Crippen LogP contribution in [0.5, 0.6) is 0 Å². The van der Waals surface area contributed by atoms with Gasteiger partial charge in [-0.05, 0) is 35.3 Å². The minimum atomic E-state index is 0.419. The Balaban J connectivity index is 2.49. The molecule has 3 nitrogen and oxygen atoms in total. The molecule has 1 N–H and O–H groups in total. The van der Waals surface area contributed by atoms with Gasteiger partial charge in [-0.3, -0.25) is 4.68 Å². The number of aromatic nitrogens is 2. The van der Waals surface area contributed by atoms with E-state index in [0.717, 1.165) is 11.0 Å². The number of hydrogen-bond donors (Lipinski definition) is 1. The van der Waals surface area contributed by atoms with Crippen LogP contribution in [-0.4, -0.2) is 22.4 Å². The van der Waals surface area contributed by atoms with Crippen molar-refractivity contribution in [2.45, 2.75) is 39.8 Å². The third kappa shape index (κ3) is 3.95. The highest BCUT2D eigenvalue weighted by Crippen LogP contribution is 2.18. The highest BCUT2D eigenvalue weighted by Gasteiger charge is 2.14. The summed E-state index contributed by atoms with van der Waals surface area (Å²) in [5, 5.41) is 7.76. The molecule has 0 aliphatic heterocycles. The molecule has 2 unspecified atom stereocenters. The second kappa shape index (κ2) is 5.66. The van der Waals surface area contributed by atoms with Crippen LogP contribution in [0.15, 0.2) is 16.9 Å². The molecular weight excluding hydrogens is 254 g/mol. The van der Waals surface area contributed by atoms with Crippen LogP contribution < -0.4 is 5.32 Å². The number of nitrogens with one attached hydrogen (secondary N) is 1. The summed E-state index contributed by atoms with van der Waals surface area (Å²) < 4.78 is 3.05. The molecule has 1 aromatic rings. The lowest BCUT2D eigenvalue weighted by molar-refractivity contribution is 0.329. The smallest absolute Gasteiger partial charge is 0.0632 e. The van der Waals surface area contributed by atoms with Crippen LogP contribution in [0.4, 0.5) is 0 Å². The van der Waals surface area contributed by atoms with Crippen molar-refractivity contribution < 1.29 is 0 Å². The van der Waals surface area contributed by atoms with E-state index in [4.69, 9.17) is 0 Å². The molecule has 86 valence electrons. The summed E-state index contributed by atoms with van der Waals surface area (Å²) in [5.41, 5.74) is 0. The Labute approximate surface area is 100 Å². The average Bonchev–Trinajstić information content (AvgIpc) is 2.60. The standard InChI is InChI=1S/C11H20BrN3/c1-8(2)13-5-9(3)10(4)15-7-11(12)6-14-15/h6-10,13H,5H2,1-4H3. The Bertz CT molecular complexity index is 296. The largest absolute Gasteiger partial charge is 0.314 e. The van der Waals surface area contributed by atoms with Gasteiger partial charge in [0, 0.05) is 12.2 Å². The Morgan fingerprint density at radius 2 is 2.07 bits per heavy atom. The Morgan fingerprint density at radius 3 is 2.53 bits per heavy atom. The van der Waals surface area contributed by atoms with Gasteiger partial charge in [0.1, 0.15) is 0 Å². The summed E-state index contributed by atoms with van der Waals surface area (Å²) in [6.45, 7) is 9.81. The van der Waals surface area contributed by atoms with Crippen LogP contribution >= 0.6 is 15.9 Å². The molecule has 2 atom stereocenters. The zero-order chi connectivity index (χ0) is 11.4. The molecule has 0 bridgehead atoms. The van der Waals surface area contributed by atoms with Crippen LogP contribution in [0, 0.1) is 5.92 Å². The van der Waals surface area contributed by atoms with E-state index in [1.165, 1.54) is 0 Å². The van der Waals surface area contributed by atoms with Crippen LogP contribution in [0.2, 0.25) is 0 Å². The van der Waals surface area contributed by atoms with Gasteiger partial charge in [-0.1, -0.05) is 20.8 Å². The van der Waals surface area contributed by atoms with E-state index < -0.39 is 0 Å². The third-order valence-electron chi connectivity index (χ3n) is 2.66. The molecule has 0 aliphatic carbocycles. The first-order valence-electron chi connectivity index (χ1n) is 5.43. The van der Waals surface area contributed by atoms with Crippen molar-refractivity contribution >= 4 is 15.9 Å². The molecule has 0 saturated heterocycles. The van der Waals surface area contributed by atoms with E-state index >= 15 is 0 Å². The normalized spacial score (nSPS) is 15.6. The molecule has 15 heavy (non-hydrogen) atoms. The molecule has 4 heteroatoms. The van der Waals surface area contributed by atoms with Gasteiger partial charge in [-0.15, -0.1) is 0 Å². The second-order valence-corrected chi connectivity index (χ2v) is 5.34. The predicted molar refractivity (Wildman–Crippen MR) is 66.9 cm³/mol. The van der Waals surface area contributed by atoms with Crippen molar-refractivity contribution in [3.8, 4) is 0 Å². The maximum absolute atomic E-state index is 4.31. The van der Waals surface area contributed by atoms with Gasteiger partial charge in [-0.25, -0.2) is 0 Å². The first kappa shape index (κ1) is 12.7. The second-order valence-electron chi connectivity index (χ2n) is 4.42. The summed E-state index contributed by atoms with van der Waals surface area (Å²) in [6, 6.07) is 0.964. The molecule has 0 saturated carbocycles. The van der Waals surface area contributed by atoms with Gasteiger partial charge < -0.3 is 5.32 Å². The molecule has 0 spiro atoms. The fraction of sp³-hybridized carbons (Fsp3) is 0.727. The molecule has 0 amide bonds. The Morgan fingerprint density at radius 1 is 1.40 bits per heavy atom. The highest BCUT2D eigenvalue weighted by molar-refractivity contribution is 9.10. The quantitative estimate of drug-likeness (QED) is 0.894. The van der Waals surface area contributed by atoms with Crippen LogP contribution in [0.1, 0.15) is 33.7 Å². The van der Waals surface area contributed by atoms with Crippen LogP contribution in [0.25, 0.3) is 0 Å². The fourth-order valence-electron chi connectivity index (χ4n) is 1.39. The van der Waals surface area contributed by atoms with Gasteiger partial charge in [0.2, 0.25) is 0 Å². The zero-order valence-corrected chi connectivity index (χ0v) is 11.5. The van der Waals surface area contributed by atoms with Gasteiger partial charge in [0.05, 0.1) is 16.7 Å². The molecule has 1 heterocycles. The first-order valence-corrected chi connectivity index (χ1v) is 6.23. The fourth-order valence-corrected chi connectivity index (χ4v) is 1.69. The van der Waals surface area contributed by atoms with E-state index in [-0.39, 0.29) is 0 Å². The van der Waals surface area contributed by atoms with Crippen molar-refractivity contribution in [3.05, 3.63) is 16.9 Å². The number of nitrogens with zero attached hydrogens (tertiary/aromatic N) is 2. The van der Waals surface area contributed by atoms with Crippen LogP contribution in [-0.2, 0) is 0 Å².